The molecular formula is C23H21N5O3. The number of aromatic nitrogens is 4. The molecule has 0 atom stereocenters. The molecule has 1 amide bonds. The Morgan fingerprint density at radius 3 is 2.52 bits per heavy atom. The molecule has 0 fully saturated rings. The molecule has 3 aromatic carbocycles. The molecule has 8 heteroatoms. The Balaban J connectivity index is 1.41. The molecule has 0 aliphatic carbocycles. The Bertz CT molecular complexity index is 1160. The molecule has 0 saturated carbocycles. The Kier molecular flexibility index (Phi) is 6.18. The number of carbonyl (C=O) groups excluding carboxylic acids is 1. The van der Waals surface area contributed by atoms with Crippen LogP contribution in [0.5, 0.6) is 11.5 Å². The van der Waals surface area contributed by atoms with Gasteiger partial charge in [-0.3, -0.25) is 4.79 Å². The van der Waals surface area contributed by atoms with Gasteiger partial charge in [0, 0.05) is 18.3 Å². The van der Waals surface area contributed by atoms with Crippen LogP contribution in [-0.2, 0) is 7.05 Å². The van der Waals surface area contributed by atoms with Gasteiger partial charge in [0.25, 0.3) is 5.91 Å². The summed E-state index contributed by atoms with van der Waals surface area (Å²) in [6.45, 7) is 0.682. The van der Waals surface area contributed by atoms with Gasteiger partial charge in [0.05, 0.1) is 5.56 Å². The minimum Gasteiger partial charge on any atom is -0.490 e. The number of amides is 1. The summed E-state index contributed by atoms with van der Waals surface area (Å²) >= 11 is 0. The number of ether oxygens (including phenoxy) is 2. The van der Waals surface area contributed by atoms with Crippen LogP contribution in [0.1, 0.15) is 10.4 Å². The van der Waals surface area contributed by atoms with Crippen LogP contribution in [0.4, 0.5) is 5.69 Å². The lowest BCUT2D eigenvalue weighted by Crippen LogP contribution is -2.15. The highest BCUT2D eigenvalue weighted by molar-refractivity contribution is 6.06. The number of anilines is 1. The van der Waals surface area contributed by atoms with E-state index in [4.69, 9.17) is 9.47 Å². The second-order valence-electron chi connectivity index (χ2n) is 6.67. The molecule has 4 rings (SSSR count). The third-order valence-corrected chi connectivity index (χ3v) is 4.48. The highest BCUT2D eigenvalue weighted by Gasteiger charge is 2.14. The average Bonchev–Trinajstić information content (AvgIpc) is 3.24. The number of aryl methyl sites for hydroxylation is 1. The molecule has 31 heavy (non-hydrogen) atoms. The van der Waals surface area contributed by atoms with Crippen molar-refractivity contribution in [2.75, 3.05) is 18.5 Å². The van der Waals surface area contributed by atoms with E-state index in [-0.39, 0.29) is 5.91 Å². The van der Waals surface area contributed by atoms with Crippen LogP contribution in [0.15, 0.2) is 78.9 Å². The van der Waals surface area contributed by atoms with E-state index < -0.39 is 0 Å². The summed E-state index contributed by atoms with van der Waals surface area (Å²) in [5.41, 5.74) is 1.87. The Hall–Kier alpha value is -4.20. The topological polar surface area (TPSA) is 91.2 Å². The summed E-state index contributed by atoms with van der Waals surface area (Å²) in [5.74, 6) is 1.60. The molecule has 1 N–H and O–H groups in total. The van der Waals surface area contributed by atoms with Gasteiger partial charge < -0.3 is 14.8 Å². The lowest BCUT2D eigenvalue weighted by atomic mass is 10.1. The molecule has 0 spiro atoms. The summed E-state index contributed by atoms with van der Waals surface area (Å²) < 4.78 is 13.0. The largest absolute Gasteiger partial charge is 0.490 e. The van der Waals surface area contributed by atoms with Gasteiger partial charge in [-0.15, -0.1) is 5.10 Å². The van der Waals surface area contributed by atoms with Crippen molar-refractivity contribution in [3.05, 3.63) is 84.4 Å². The Morgan fingerprint density at radius 2 is 1.71 bits per heavy atom. The number of hydrogen-bond acceptors (Lipinski definition) is 6. The van der Waals surface area contributed by atoms with E-state index in [0.29, 0.717) is 36.0 Å². The number of hydrogen-bond donors (Lipinski definition) is 1. The lowest BCUT2D eigenvalue weighted by molar-refractivity contribution is 0.102. The predicted octanol–water partition coefficient (Wildman–Crippen LogP) is 3.59. The van der Waals surface area contributed by atoms with Crippen LogP contribution in [0.2, 0.25) is 0 Å². The zero-order valence-corrected chi connectivity index (χ0v) is 16.9. The highest BCUT2D eigenvalue weighted by atomic mass is 16.5. The first kappa shape index (κ1) is 20.1. The van der Waals surface area contributed by atoms with Crippen molar-refractivity contribution in [1.29, 1.82) is 0 Å². The molecule has 1 heterocycles. The first-order chi connectivity index (χ1) is 15.2. The molecule has 8 nitrogen and oxygen atoms in total. The molecule has 4 aromatic rings. The Labute approximate surface area is 179 Å². The number of tetrazole rings is 1. The molecule has 156 valence electrons. The third kappa shape index (κ3) is 5.05. The van der Waals surface area contributed by atoms with Crippen LogP contribution in [0.25, 0.3) is 11.4 Å². The fraction of sp³-hybridized carbons (Fsp3) is 0.130. The highest BCUT2D eigenvalue weighted by Crippen LogP contribution is 2.23. The smallest absolute Gasteiger partial charge is 0.259 e. The zero-order valence-electron chi connectivity index (χ0n) is 16.9. The molecule has 0 radical (unpaired) electrons. The third-order valence-electron chi connectivity index (χ3n) is 4.48. The molecule has 0 aliphatic heterocycles. The zero-order chi connectivity index (χ0) is 21.5. The van der Waals surface area contributed by atoms with Gasteiger partial charge in [0.2, 0.25) is 0 Å². The van der Waals surface area contributed by atoms with E-state index in [9.17, 15) is 4.79 Å². The summed E-state index contributed by atoms with van der Waals surface area (Å²) in [7, 11) is 1.76. The van der Waals surface area contributed by atoms with Crippen LogP contribution in [0, 0.1) is 0 Å². The minimum absolute atomic E-state index is 0.271. The van der Waals surface area contributed by atoms with Gasteiger partial charge in [0.1, 0.15) is 24.7 Å². The first-order valence-corrected chi connectivity index (χ1v) is 9.74. The van der Waals surface area contributed by atoms with Gasteiger partial charge in [-0.25, -0.2) is 4.68 Å². The maximum atomic E-state index is 12.9. The molecule has 0 aliphatic rings. The van der Waals surface area contributed by atoms with E-state index in [0.717, 1.165) is 11.3 Å². The standard InChI is InChI=1S/C23H21N5O3/c1-28-22(25-26-27-28)17-8-7-9-18(16-17)24-23(29)20-12-5-6-13-21(20)31-15-14-30-19-10-3-2-4-11-19/h2-13,16H,14-15H2,1H3,(H,24,29). The number of benzene rings is 3. The number of para-hydroxylation sites is 2. The van der Waals surface area contributed by atoms with E-state index in [2.05, 4.69) is 20.8 Å². The van der Waals surface area contributed by atoms with Crippen LogP contribution < -0.4 is 14.8 Å². The molecule has 0 unspecified atom stereocenters. The van der Waals surface area contributed by atoms with Crippen LogP contribution >= 0.6 is 0 Å². The summed E-state index contributed by atoms with van der Waals surface area (Å²) in [6, 6.07) is 24.0. The van der Waals surface area contributed by atoms with Crippen molar-refractivity contribution < 1.29 is 14.3 Å². The van der Waals surface area contributed by atoms with Gasteiger partial charge in [-0.2, -0.15) is 0 Å². The molecule has 1 aromatic heterocycles. The molecular weight excluding hydrogens is 394 g/mol. The van der Waals surface area contributed by atoms with Crippen molar-refractivity contribution in [2.45, 2.75) is 0 Å². The fourth-order valence-electron chi connectivity index (χ4n) is 3.02. The van der Waals surface area contributed by atoms with Gasteiger partial charge in [0.15, 0.2) is 5.82 Å². The van der Waals surface area contributed by atoms with Crippen molar-refractivity contribution in [3.63, 3.8) is 0 Å². The van der Waals surface area contributed by atoms with E-state index in [1.165, 1.54) is 0 Å². The van der Waals surface area contributed by atoms with Crippen molar-refractivity contribution in [2.24, 2.45) is 7.05 Å². The quantitative estimate of drug-likeness (QED) is 0.442. The maximum absolute atomic E-state index is 12.9. The number of carbonyl (C=O) groups is 1. The van der Waals surface area contributed by atoms with E-state index in [1.54, 1.807) is 29.9 Å². The SMILES string of the molecule is Cn1nnnc1-c1cccc(NC(=O)c2ccccc2OCCOc2ccccc2)c1. The molecule has 0 saturated heterocycles. The lowest BCUT2D eigenvalue weighted by Gasteiger charge is -2.13. The van der Waals surface area contributed by atoms with Crippen molar-refractivity contribution in [1.82, 2.24) is 20.2 Å². The number of nitrogens with one attached hydrogen (secondary N) is 1. The summed E-state index contributed by atoms with van der Waals surface area (Å²) in [6.07, 6.45) is 0. The minimum atomic E-state index is -0.271. The molecule has 0 bridgehead atoms. The van der Waals surface area contributed by atoms with Crippen LogP contribution in [-0.4, -0.2) is 39.3 Å². The van der Waals surface area contributed by atoms with E-state index >= 15 is 0 Å². The van der Waals surface area contributed by atoms with Gasteiger partial charge >= 0.3 is 0 Å². The second kappa shape index (κ2) is 9.53. The van der Waals surface area contributed by atoms with Crippen molar-refractivity contribution >= 4 is 11.6 Å². The fourth-order valence-corrected chi connectivity index (χ4v) is 3.02. The first-order valence-electron chi connectivity index (χ1n) is 9.74. The normalized spacial score (nSPS) is 10.5. The number of nitrogens with zero attached hydrogens (tertiary/aromatic N) is 4. The van der Waals surface area contributed by atoms with Crippen molar-refractivity contribution in [3.8, 4) is 22.9 Å². The maximum Gasteiger partial charge on any atom is 0.259 e. The predicted molar refractivity (Wildman–Crippen MR) is 116 cm³/mol. The number of rotatable bonds is 8. The van der Waals surface area contributed by atoms with Gasteiger partial charge in [-0.1, -0.05) is 42.5 Å². The monoisotopic (exact) mass is 415 g/mol. The average molecular weight is 415 g/mol. The summed E-state index contributed by atoms with van der Waals surface area (Å²) in [5, 5.41) is 14.4. The summed E-state index contributed by atoms with van der Waals surface area (Å²) in [4.78, 5) is 12.9. The second-order valence-corrected chi connectivity index (χ2v) is 6.67. The van der Waals surface area contributed by atoms with Crippen LogP contribution in [0.3, 0.4) is 0 Å². The Morgan fingerprint density at radius 1 is 0.935 bits per heavy atom. The van der Waals surface area contributed by atoms with E-state index in [1.807, 2.05) is 60.7 Å². The van der Waals surface area contributed by atoms with Gasteiger partial charge in [-0.05, 0) is 46.8 Å².